The Balaban J connectivity index is 2.05. The molecule has 0 atom stereocenters. The van der Waals surface area contributed by atoms with Gasteiger partial charge >= 0.3 is 0 Å². The maximum absolute atomic E-state index is 8.73. The van der Waals surface area contributed by atoms with Crippen LogP contribution >= 0.6 is 0 Å². The molecule has 0 unspecified atom stereocenters. The molecule has 0 fully saturated rings. The minimum absolute atomic E-state index is 0.0931. The van der Waals surface area contributed by atoms with Gasteiger partial charge in [0.05, 0.1) is 6.61 Å². The fourth-order valence-corrected chi connectivity index (χ4v) is 2.00. The maximum Gasteiger partial charge on any atom is 0.121 e. The van der Waals surface area contributed by atoms with Gasteiger partial charge in [-0.1, -0.05) is 41.7 Å². The van der Waals surface area contributed by atoms with E-state index in [4.69, 9.17) is 9.84 Å². The number of hydrogen-bond donors (Lipinski definition) is 1. The van der Waals surface area contributed by atoms with E-state index in [1.165, 1.54) is 16.7 Å². The highest BCUT2D eigenvalue weighted by atomic mass is 16.5. The van der Waals surface area contributed by atoms with Gasteiger partial charge in [0, 0.05) is 12.0 Å². The van der Waals surface area contributed by atoms with Gasteiger partial charge in [-0.05, 0) is 43.2 Å². The zero-order chi connectivity index (χ0) is 15.1. The summed E-state index contributed by atoms with van der Waals surface area (Å²) in [5.41, 5.74) is 4.58. The van der Waals surface area contributed by atoms with Crippen LogP contribution in [0.15, 0.2) is 42.5 Å². The van der Waals surface area contributed by atoms with Gasteiger partial charge < -0.3 is 9.84 Å². The lowest BCUT2D eigenvalue weighted by molar-refractivity contribution is 0.305. The molecule has 2 aromatic rings. The van der Waals surface area contributed by atoms with Gasteiger partial charge in [0.1, 0.15) is 12.4 Å². The lowest BCUT2D eigenvalue weighted by Gasteiger charge is -2.10. The second kappa shape index (κ2) is 7.52. The van der Waals surface area contributed by atoms with Crippen LogP contribution in [-0.4, -0.2) is 11.7 Å². The van der Waals surface area contributed by atoms with Crippen molar-refractivity contribution in [1.29, 1.82) is 0 Å². The molecule has 0 aliphatic carbocycles. The molecule has 2 heteroatoms. The average Bonchev–Trinajstić information content (AvgIpc) is 2.49. The fraction of sp³-hybridized carbons (Fsp3) is 0.263. The summed E-state index contributed by atoms with van der Waals surface area (Å²) >= 11 is 0. The Bertz CT molecular complexity index is 663. The van der Waals surface area contributed by atoms with E-state index in [9.17, 15) is 0 Å². The highest BCUT2D eigenvalue weighted by Gasteiger charge is 2.01. The van der Waals surface area contributed by atoms with Crippen molar-refractivity contribution in [1.82, 2.24) is 0 Å². The molecule has 0 aromatic heterocycles. The molecular formula is C19H20O2. The molecule has 1 N–H and O–H groups in total. The first kappa shape index (κ1) is 15.2. The third kappa shape index (κ3) is 4.66. The molecule has 0 aliphatic rings. The first-order chi connectivity index (χ1) is 10.2. The normalized spacial score (nSPS) is 9.86. The number of rotatable bonds is 4. The van der Waals surface area contributed by atoms with Crippen molar-refractivity contribution >= 4 is 0 Å². The average molecular weight is 280 g/mol. The summed E-state index contributed by atoms with van der Waals surface area (Å²) < 4.78 is 5.86. The van der Waals surface area contributed by atoms with Crippen LogP contribution in [0.4, 0.5) is 0 Å². The van der Waals surface area contributed by atoms with E-state index in [1.54, 1.807) is 0 Å². The molecule has 0 radical (unpaired) electrons. The SMILES string of the molecule is Cc1ccc(C)c(COc2cccc(C#CCCO)c2)c1. The van der Waals surface area contributed by atoms with Gasteiger partial charge in [-0.3, -0.25) is 0 Å². The van der Waals surface area contributed by atoms with Crippen molar-refractivity contribution in [2.45, 2.75) is 26.9 Å². The van der Waals surface area contributed by atoms with Gasteiger partial charge in [0.25, 0.3) is 0 Å². The summed E-state index contributed by atoms with van der Waals surface area (Å²) in [6.45, 7) is 4.83. The van der Waals surface area contributed by atoms with Crippen molar-refractivity contribution in [3.05, 3.63) is 64.7 Å². The number of aryl methyl sites for hydroxylation is 2. The highest BCUT2D eigenvalue weighted by molar-refractivity contribution is 5.40. The summed E-state index contributed by atoms with van der Waals surface area (Å²) in [7, 11) is 0. The van der Waals surface area contributed by atoms with Crippen molar-refractivity contribution < 1.29 is 9.84 Å². The van der Waals surface area contributed by atoms with Crippen LogP contribution in [0.2, 0.25) is 0 Å². The second-order valence-corrected chi connectivity index (χ2v) is 5.02. The molecule has 0 saturated carbocycles. The number of ether oxygens (including phenoxy) is 1. The number of aliphatic hydroxyl groups excluding tert-OH is 1. The van der Waals surface area contributed by atoms with Crippen LogP contribution in [-0.2, 0) is 6.61 Å². The molecule has 0 aliphatic heterocycles. The third-order valence-electron chi connectivity index (χ3n) is 3.20. The van der Waals surface area contributed by atoms with Crippen molar-refractivity contribution in [3.8, 4) is 17.6 Å². The monoisotopic (exact) mass is 280 g/mol. The molecule has 108 valence electrons. The smallest absolute Gasteiger partial charge is 0.121 e. The largest absolute Gasteiger partial charge is 0.489 e. The zero-order valence-corrected chi connectivity index (χ0v) is 12.5. The number of hydrogen-bond acceptors (Lipinski definition) is 2. The van der Waals surface area contributed by atoms with Gasteiger partial charge in [0.2, 0.25) is 0 Å². The summed E-state index contributed by atoms with van der Waals surface area (Å²) in [5, 5.41) is 8.73. The van der Waals surface area contributed by atoms with Crippen LogP contribution in [0.1, 0.15) is 28.7 Å². The minimum atomic E-state index is 0.0931. The van der Waals surface area contributed by atoms with Crippen LogP contribution < -0.4 is 4.74 Å². The minimum Gasteiger partial charge on any atom is -0.489 e. The first-order valence-corrected chi connectivity index (χ1v) is 7.08. The molecule has 21 heavy (non-hydrogen) atoms. The lowest BCUT2D eigenvalue weighted by atomic mass is 10.1. The molecule has 2 nitrogen and oxygen atoms in total. The molecule has 0 heterocycles. The zero-order valence-electron chi connectivity index (χ0n) is 12.5. The Hall–Kier alpha value is -2.24. The van der Waals surface area contributed by atoms with Crippen molar-refractivity contribution in [2.75, 3.05) is 6.61 Å². The van der Waals surface area contributed by atoms with E-state index in [0.717, 1.165) is 11.3 Å². The van der Waals surface area contributed by atoms with E-state index in [0.29, 0.717) is 13.0 Å². The standard InChI is InChI=1S/C19H20O2/c1-15-9-10-16(2)18(12-15)14-21-19-8-5-7-17(13-19)6-3-4-11-20/h5,7-10,12-13,20H,4,11,14H2,1-2H3. The number of aliphatic hydroxyl groups is 1. The van der Waals surface area contributed by atoms with Gasteiger partial charge in [-0.25, -0.2) is 0 Å². The van der Waals surface area contributed by atoms with Crippen LogP contribution in [0.25, 0.3) is 0 Å². The molecule has 0 amide bonds. The number of benzene rings is 2. The van der Waals surface area contributed by atoms with Crippen LogP contribution in [0, 0.1) is 25.7 Å². The fourth-order valence-electron chi connectivity index (χ4n) is 2.00. The van der Waals surface area contributed by atoms with Gasteiger partial charge in [-0.15, -0.1) is 0 Å². The van der Waals surface area contributed by atoms with Crippen molar-refractivity contribution in [3.63, 3.8) is 0 Å². The van der Waals surface area contributed by atoms with Gasteiger partial charge in [-0.2, -0.15) is 0 Å². The summed E-state index contributed by atoms with van der Waals surface area (Å²) in [4.78, 5) is 0. The Kier molecular flexibility index (Phi) is 5.43. The first-order valence-electron chi connectivity index (χ1n) is 7.08. The molecular weight excluding hydrogens is 260 g/mol. The topological polar surface area (TPSA) is 29.5 Å². The second-order valence-electron chi connectivity index (χ2n) is 5.02. The van der Waals surface area contributed by atoms with Crippen molar-refractivity contribution in [2.24, 2.45) is 0 Å². The van der Waals surface area contributed by atoms with Crippen LogP contribution in [0.5, 0.6) is 5.75 Å². The van der Waals surface area contributed by atoms with E-state index >= 15 is 0 Å². The summed E-state index contributed by atoms with van der Waals surface area (Å²) in [5.74, 6) is 6.74. The maximum atomic E-state index is 8.73. The highest BCUT2D eigenvalue weighted by Crippen LogP contribution is 2.17. The molecule has 2 aromatic carbocycles. The molecule has 0 spiro atoms. The van der Waals surface area contributed by atoms with E-state index < -0.39 is 0 Å². The predicted molar refractivity (Wildman–Crippen MR) is 85.3 cm³/mol. The molecule has 0 bridgehead atoms. The molecule has 2 rings (SSSR count). The Labute approximate surface area is 126 Å². The third-order valence-corrected chi connectivity index (χ3v) is 3.20. The van der Waals surface area contributed by atoms with Gasteiger partial charge in [0.15, 0.2) is 0 Å². The quantitative estimate of drug-likeness (QED) is 0.867. The summed E-state index contributed by atoms with van der Waals surface area (Å²) in [6.07, 6.45) is 0.494. The predicted octanol–water partition coefficient (Wildman–Crippen LogP) is 3.62. The van der Waals surface area contributed by atoms with E-state index in [1.807, 2.05) is 24.3 Å². The van der Waals surface area contributed by atoms with E-state index in [2.05, 4.69) is 43.9 Å². The summed E-state index contributed by atoms with van der Waals surface area (Å²) in [6, 6.07) is 14.1. The van der Waals surface area contributed by atoms with E-state index in [-0.39, 0.29) is 6.61 Å². The Morgan fingerprint density at radius 2 is 1.95 bits per heavy atom. The lowest BCUT2D eigenvalue weighted by Crippen LogP contribution is -1.98. The Morgan fingerprint density at radius 1 is 1.10 bits per heavy atom. The van der Waals surface area contributed by atoms with Crippen LogP contribution in [0.3, 0.4) is 0 Å². The Morgan fingerprint density at radius 3 is 2.76 bits per heavy atom. The molecule has 0 saturated heterocycles.